The molecule has 0 radical (unpaired) electrons. The van der Waals surface area contributed by atoms with E-state index < -0.39 is 24.1 Å². The molecule has 2 heterocycles. The molecular formula is C25H24N2O5S. The summed E-state index contributed by atoms with van der Waals surface area (Å²) < 4.78 is 11.4. The van der Waals surface area contributed by atoms with Crippen LogP contribution in [0.5, 0.6) is 0 Å². The van der Waals surface area contributed by atoms with E-state index in [0.717, 1.165) is 11.1 Å². The van der Waals surface area contributed by atoms with Gasteiger partial charge < -0.3 is 15.2 Å². The van der Waals surface area contributed by atoms with Crippen LogP contribution in [-0.2, 0) is 23.9 Å². The predicted octanol–water partition coefficient (Wildman–Crippen LogP) is 3.28. The molecule has 4 rings (SSSR count). The van der Waals surface area contributed by atoms with Gasteiger partial charge in [-0.15, -0.1) is 11.8 Å². The van der Waals surface area contributed by atoms with Crippen LogP contribution in [0.1, 0.15) is 31.1 Å². The molecule has 2 aromatic carbocycles. The van der Waals surface area contributed by atoms with Crippen molar-refractivity contribution in [3.63, 3.8) is 0 Å². The quantitative estimate of drug-likeness (QED) is 0.398. The van der Waals surface area contributed by atoms with Crippen molar-refractivity contribution in [3.05, 3.63) is 94.9 Å². The van der Waals surface area contributed by atoms with Crippen molar-refractivity contribution < 1.29 is 23.9 Å². The fourth-order valence-electron chi connectivity index (χ4n) is 3.89. The van der Waals surface area contributed by atoms with Crippen molar-refractivity contribution in [2.45, 2.75) is 31.4 Å². The molecule has 0 bridgehead atoms. The minimum Gasteiger partial charge on any atom is -0.448 e. The number of nitrogens with zero attached hydrogens (tertiary/aromatic N) is 1. The number of β-lactam (4-membered cyclic amide) rings is 1. The molecule has 2 aliphatic heterocycles. The second-order valence-electron chi connectivity index (χ2n) is 7.62. The Morgan fingerprint density at radius 3 is 2.18 bits per heavy atom. The van der Waals surface area contributed by atoms with Gasteiger partial charge in [-0.3, -0.25) is 14.5 Å². The van der Waals surface area contributed by atoms with Crippen molar-refractivity contribution in [1.82, 2.24) is 4.90 Å². The summed E-state index contributed by atoms with van der Waals surface area (Å²) in [5.41, 5.74) is 8.05. The highest BCUT2D eigenvalue weighted by Gasteiger charge is 2.53. The van der Waals surface area contributed by atoms with Gasteiger partial charge in [0, 0.05) is 18.2 Å². The van der Waals surface area contributed by atoms with Crippen molar-refractivity contribution in [3.8, 4) is 0 Å². The lowest BCUT2D eigenvalue weighted by Crippen LogP contribution is -2.68. The Kier molecular flexibility index (Phi) is 6.67. The van der Waals surface area contributed by atoms with E-state index >= 15 is 0 Å². The number of rotatable bonds is 6. The third-order valence-electron chi connectivity index (χ3n) is 5.45. The summed E-state index contributed by atoms with van der Waals surface area (Å²) in [6.45, 7) is 2.98. The summed E-state index contributed by atoms with van der Waals surface area (Å²) in [6.07, 6.45) is 0.913. The molecule has 0 aliphatic carbocycles. The van der Waals surface area contributed by atoms with Gasteiger partial charge >= 0.3 is 11.9 Å². The molecule has 7 nitrogen and oxygen atoms in total. The van der Waals surface area contributed by atoms with E-state index in [1.165, 1.54) is 23.6 Å². The van der Waals surface area contributed by atoms with Crippen LogP contribution in [0.15, 0.2) is 83.8 Å². The van der Waals surface area contributed by atoms with E-state index in [-0.39, 0.29) is 22.7 Å². The number of allylic oxidation sites excluding steroid dienone is 2. The number of nitrogens with two attached hydrogens (primary N) is 1. The molecule has 1 fully saturated rings. The number of hydrogen-bond donors (Lipinski definition) is 1. The standard InChI is InChI=1S/C25H24N2O5S/c1-3-19(31-15(2)28)18-14-33-24-20(26)23(29)27(24)21(18)25(30)32-22(16-10-6-4-7-11-16)17-12-8-5-9-13-17/h3-13,20,22,24H,14,26H2,1-2H3/b19-3+. The molecule has 2 N–H and O–H groups in total. The summed E-state index contributed by atoms with van der Waals surface area (Å²) in [5.74, 6) is -0.996. The fraction of sp³-hybridized carbons (Fsp3) is 0.240. The molecule has 170 valence electrons. The maximum atomic E-state index is 13.6. The minimum absolute atomic E-state index is 0.0664. The predicted molar refractivity (Wildman–Crippen MR) is 124 cm³/mol. The normalized spacial score (nSPS) is 20.3. The van der Waals surface area contributed by atoms with Crippen LogP contribution in [0.25, 0.3) is 0 Å². The van der Waals surface area contributed by atoms with E-state index in [0.29, 0.717) is 11.3 Å². The lowest BCUT2D eigenvalue weighted by atomic mass is 10.0. The average Bonchev–Trinajstić information content (AvgIpc) is 2.85. The largest absolute Gasteiger partial charge is 0.448 e. The number of esters is 2. The smallest absolute Gasteiger partial charge is 0.356 e. The van der Waals surface area contributed by atoms with Gasteiger partial charge in [0.15, 0.2) is 6.10 Å². The highest BCUT2D eigenvalue weighted by atomic mass is 32.2. The summed E-state index contributed by atoms with van der Waals surface area (Å²) in [5, 5.41) is -0.369. The van der Waals surface area contributed by atoms with Gasteiger partial charge in [-0.25, -0.2) is 4.79 Å². The maximum Gasteiger partial charge on any atom is 0.356 e. The van der Waals surface area contributed by atoms with Gasteiger partial charge in [-0.05, 0) is 24.1 Å². The van der Waals surface area contributed by atoms with Crippen molar-refractivity contribution in [2.75, 3.05) is 5.75 Å². The number of ether oxygens (including phenoxy) is 2. The van der Waals surface area contributed by atoms with Gasteiger partial charge in [0.2, 0.25) is 5.91 Å². The summed E-state index contributed by atoms with van der Waals surface area (Å²) in [4.78, 5) is 39.3. The number of fused-ring (bicyclic) bond motifs is 1. The SMILES string of the molecule is C/C=C(/OC(C)=O)C1=C(C(=O)OC(c2ccccc2)c2ccccc2)N2C(=O)C(N)C2SC1. The zero-order valence-corrected chi connectivity index (χ0v) is 19.1. The first-order chi connectivity index (χ1) is 15.9. The van der Waals surface area contributed by atoms with Crippen LogP contribution >= 0.6 is 11.8 Å². The molecule has 1 saturated heterocycles. The number of thioether (sulfide) groups is 1. The highest BCUT2D eigenvalue weighted by Crippen LogP contribution is 2.42. The minimum atomic E-state index is -0.693. The van der Waals surface area contributed by atoms with Crippen LogP contribution in [0.2, 0.25) is 0 Å². The Bertz CT molecular complexity index is 1090. The topological polar surface area (TPSA) is 98.9 Å². The molecule has 33 heavy (non-hydrogen) atoms. The van der Waals surface area contributed by atoms with Gasteiger partial charge in [0.1, 0.15) is 22.9 Å². The molecule has 2 aromatic rings. The third kappa shape index (κ3) is 4.44. The Balaban J connectivity index is 1.76. The van der Waals surface area contributed by atoms with Crippen LogP contribution in [0.3, 0.4) is 0 Å². The van der Waals surface area contributed by atoms with Gasteiger partial charge in [0.25, 0.3) is 0 Å². The molecule has 0 aromatic heterocycles. The van der Waals surface area contributed by atoms with E-state index in [9.17, 15) is 14.4 Å². The highest BCUT2D eigenvalue weighted by molar-refractivity contribution is 8.00. The van der Waals surface area contributed by atoms with Crippen LogP contribution < -0.4 is 5.73 Å². The van der Waals surface area contributed by atoms with E-state index in [2.05, 4.69) is 0 Å². The molecule has 1 amide bonds. The molecule has 0 saturated carbocycles. The number of carbonyl (C=O) groups is 3. The Labute approximate surface area is 196 Å². The second-order valence-corrected chi connectivity index (χ2v) is 8.72. The summed E-state index contributed by atoms with van der Waals surface area (Å²) in [6, 6.07) is 18.1. The van der Waals surface area contributed by atoms with Crippen molar-refractivity contribution in [1.29, 1.82) is 0 Å². The van der Waals surface area contributed by atoms with Gasteiger partial charge in [0.05, 0.1) is 0 Å². The molecule has 2 atom stereocenters. The monoisotopic (exact) mass is 464 g/mol. The van der Waals surface area contributed by atoms with E-state index in [1.54, 1.807) is 13.0 Å². The lowest BCUT2D eigenvalue weighted by Gasteiger charge is -2.48. The first kappa shape index (κ1) is 22.8. The molecule has 2 unspecified atom stereocenters. The molecule has 2 aliphatic rings. The Morgan fingerprint density at radius 2 is 1.67 bits per heavy atom. The number of benzene rings is 2. The van der Waals surface area contributed by atoms with Gasteiger partial charge in [-0.1, -0.05) is 60.7 Å². The lowest BCUT2D eigenvalue weighted by molar-refractivity contribution is -0.153. The van der Waals surface area contributed by atoms with Gasteiger partial charge in [-0.2, -0.15) is 0 Å². The van der Waals surface area contributed by atoms with Crippen LogP contribution in [0, 0.1) is 0 Å². The Hall–Kier alpha value is -3.36. The molecular weight excluding hydrogens is 440 g/mol. The Morgan fingerprint density at radius 1 is 1.09 bits per heavy atom. The number of amides is 1. The number of carbonyl (C=O) groups excluding carboxylic acids is 3. The van der Waals surface area contributed by atoms with E-state index in [4.69, 9.17) is 15.2 Å². The first-order valence-electron chi connectivity index (χ1n) is 10.5. The number of hydrogen-bond acceptors (Lipinski definition) is 7. The summed E-state index contributed by atoms with van der Waals surface area (Å²) in [7, 11) is 0. The van der Waals surface area contributed by atoms with Crippen molar-refractivity contribution in [2.24, 2.45) is 5.73 Å². The summed E-state index contributed by atoms with van der Waals surface area (Å²) >= 11 is 1.42. The molecule has 8 heteroatoms. The second kappa shape index (κ2) is 9.64. The zero-order valence-electron chi connectivity index (χ0n) is 18.3. The third-order valence-corrected chi connectivity index (χ3v) is 6.75. The fourth-order valence-corrected chi connectivity index (χ4v) is 5.19. The van der Waals surface area contributed by atoms with Crippen LogP contribution in [0.4, 0.5) is 0 Å². The van der Waals surface area contributed by atoms with Crippen molar-refractivity contribution >= 4 is 29.6 Å². The first-order valence-corrected chi connectivity index (χ1v) is 11.6. The van der Waals surface area contributed by atoms with E-state index in [1.807, 2.05) is 60.7 Å². The average molecular weight is 465 g/mol. The maximum absolute atomic E-state index is 13.6. The van der Waals surface area contributed by atoms with Crippen LogP contribution in [-0.4, -0.2) is 39.9 Å². The molecule has 0 spiro atoms. The zero-order chi connectivity index (χ0) is 23.5.